The van der Waals surface area contributed by atoms with E-state index in [9.17, 15) is 27.6 Å². The van der Waals surface area contributed by atoms with Crippen molar-refractivity contribution in [1.29, 1.82) is 0 Å². The Bertz CT molecular complexity index is 2240. The maximum absolute atomic E-state index is 14.4. The monoisotopic (exact) mass is 763 g/mol. The van der Waals surface area contributed by atoms with Crippen molar-refractivity contribution >= 4 is 52.1 Å². The second kappa shape index (κ2) is 13.1. The summed E-state index contributed by atoms with van der Waals surface area (Å²) in [6.45, 7) is 6.26. The third-order valence-corrected chi connectivity index (χ3v) is 11.0. The molecule has 278 valence electrons. The van der Waals surface area contributed by atoms with Gasteiger partial charge in [0.25, 0.3) is 5.56 Å². The summed E-state index contributed by atoms with van der Waals surface area (Å²) in [5, 5.41) is 6.95. The largest absolute Gasteiger partial charge is 0.444 e. The van der Waals surface area contributed by atoms with Gasteiger partial charge in [-0.3, -0.25) is 9.59 Å². The summed E-state index contributed by atoms with van der Waals surface area (Å²) in [6.07, 6.45) is -3.10. The molecule has 2 fully saturated rings. The Morgan fingerprint density at radius 2 is 1.87 bits per heavy atom. The van der Waals surface area contributed by atoms with Gasteiger partial charge in [-0.25, -0.2) is 4.79 Å². The van der Waals surface area contributed by atoms with Gasteiger partial charge in [0.1, 0.15) is 17.8 Å². The summed E-state index contributed by atoms with van der Waals surface area (Å²) in [6, 6.07) is 4.61. The van der Waals surface area contributed by atoms with E-state index in [1.807, 2.05) is 17.9 Å². The Hall–Kier alpha value is -4.15. The molecule has 1 saturated heterocycles. The van der Waals surface area contributed by atoms with Gasteiger partial charge in [0.2, 0.25) is 11.7 Å². The van der Waals surface area contributed by atoms with Crippen LogP contribution in [0.25, 0.3) is 16.5 Å². The van der Waals surface area contributed by atoms with E-state index in [-0.39, 0.29) is 72.6 Å². The van der Waals surface area contributed by atoms with Gasteiger partial charge in [-0.2, -0.15) is 22.7 Å². The normalized spacial score (nSPS) is 18.6. The number of hydrogen-bond donors (Lipinski definition) is 1. The van der Waals surface area contributed by atoms with E-state index >= 15 is 0 Å². The molecule has 0 unspecified atom stereocenters. The van der Waals surface area contributed by atoms with Crippen LogP contribution < -0.4 is 15.8 Å². The third kappa shape index (κ3) is 6.87. The molecule has 1 spiro atoms. The van der Waals surface area contributed by atoms with E-state index in [1.165, 1.54) is 16.2 Å². The summed E-state index contributed by atoms with van der Waals surface area (Å²) in [5.74, 6) is -0.348. The SMILES string of the molecule is [2H]C([2H])([2H])N1Cc2sc(-c3nc4n(CC(=O)Nc5ccc(C(F)(F)F)cc5Cl)c(CC)c(N5CCN(C(=O)OC(C)(C)C)CC5)c(=O)n4n3)cc2C2(CC2)C1. The zero-order chi connectivity index (χ0) is 39.8. The van der Waals surface area contributed by atoms with Crippen LogP contribution in [0.5, 0.6) is 0 Å². The number of benzene rings is 1. The second-order valence-corrected chi connectivity index (χ2v) is 16.0. The van der Waals surface area contributed by atoms with Gasteiger partial charge in [-0.05, 0) is 76.8 Å². The number of nitrogens with zero attached hydrogens (tertiary/aromatic N) is 7. The van der Waals surface area contributed by atoms with E-state index in [1.54, 1.807) is 30.2 Å². The van der Waals surface area contributed by atoms with Crippen LogP contribution in [0.4, 0.5) is 29.3 Å². The van der Waals surface area contributed by atoms with E-state index < -0.39 is 48.4 Å². The highest BCUT2D eigenvalue weighted by Gasteiger charge is 2.49. The van der Waals surface area contributed by atoms with Crippen molar-refractivity contribution < 1.29 is 31.6 Å². The minimum absolute atomic E-state index is 0.0281. The maximum Gasteiger partial charge on any atom is 0.416 e. The lowest BCUT2D eigenvalue weighted by Gasteiger charge is -2.37. The summed E-state index contributed by atoms with van der Waals surface area (Å²) in [7, 11) is 0. The standard InChI is InChI=1S/C35H40ClF3N8O4S/c1-6-24-28(44-11-13-45(14-12-44)32(50)51-33(2,3)4)30(49)47-31(46(24)18-27(48)40-23-8-7-20(15-22(23)36)35(37,38)39)41-29(42-47)25-16-21-26(52-25)17-43(5)19-34(21)9-10-34/h7-8,15-16H,6,9-14,17-19H2,1-5H3,(H,40,48)/i5D3. The molecule has 17 heteroatoms. The molecule has 1 N–H and O–H groups in total. The predicted octanol–water partition coefficient (Wildman–Crippen LogP) is 6.03. The van der Waals surface area contributed by atoms with Gasteiger partial charge in [0.15, 0.2) is 5.82 Å². The van der Waals surface area contributed by atoms with Gasteiger partial charge in [0, 0.05) is 53.7 Å². The molecule has 0 bridgehead atoms. The van der Waals surface area contributed by atoms with Crippen LogP contribution in [0, 0.1) is 0 Å². The van der Waals surface area contributed by atoms with Crippen LogP contribution in [-0.4, -0.2) is 86.3 Å². The summed E-state index contributed by atoms with van der Waals surface area (Å²) >= 11 is 7.53. The third-order valence-electron chi connectivity index (χ3n) is 9.56. The number of piperazine rings is 1. The second-order valence-electron chi connectivity index (χ2n) is 14.5. The average Bonchev–Trinajstić information content (AvgIpc) is 3.48. The Balaban J connectivity index is 1.27. The average molecular weight is 764 g/mol. The fourth-order valence-corrected chi connectivity index (χ4v) is 8.42. The number of fused-ring (bicyclic) bond motifs is 3. The number of thiophene rings is 1. The van der Waals surface area contributed by atoms with Crippen LogP contribution in [0.2, 0.25) is 5.02 Å². The van der Waals surface area contributed by atoms with E-state index in [0.717, 1.165) is 46.0 Å². The Morgan fingerprint density at radius 3 is 2.48 bits per heavy atom. The molecule has 7 rings (SSSR count). The fourth-order valence-electron chi connectivity index (χ4n) is 6.96. The van der Waals surface area contributed by atoms with Crippen molar-refractivity contribution in [2.24, 2.45) is 0 Å². The molecule has 1 aliphatic carbocycles. The zero-order valence-corrected chi connectivity index (χ0v) is 30.6. The summed E-state index contributed by atoms with van der Waals surface area (Å²) < 4.78 is 72.2. The van der Waals surface area contributed by atoms with E-state index in [4.69, 9.17) is 25.4 Å². The first-order chi connectivity index (χ1) is 25.7. The number of anilines is 2. The highest BCUT2D eigenvalue weighted by atomic mass is 35.5. The molecular formula is C35H40ClF3N8O4S. The number of likely N-dealkylation sites (N-methyl/N-ethyl adjacent to an activating group) is 1. The lowest BCUT2D eigenvalue weighted by atomic mass is 9.92. The fraction of sp³-hybridized carbons (Fsp3) is 0.514. The maximum atomic E-state index is 14.4. The quantitative estimate of drug-likeness (QED) is 0.253. The Kier molecular flexibility index (Phi) is 8.16. The van der Waals surface area contributed by atoms with Gasteiger partial charge in [-0.1, -0.05) is 18.5 Å². The molecule has 5 heterocycles. The molecule has 0 radical (unpaired) electrons. The van der Waals surface area contributed by atoms with Crippen LogP contribution in [0.3, 0.4) is 0 Å². The van der Waals surface area contributed by atoms with Gasteiger partial charge in [-0.15, -0.1) is 16.4 Å². The van der Waals surface area contributed by atoms with Gasteiger partial charge in [0.05, 0.1) is 26.8 Å². The summed E-state index contributed by atoms with van der Waals surface area (Å²) in [4.78, 5) is 52.2. The number of aromatic nitrogens is 4. The van der Waals surface area contributed by atoms with Crippen molar-refractivity contribution in [3.05, 3.63) is 61.3 Å². The lowest BCUT2D eigenvalue weighted by molar-refractivity contribution is -0.137. The molecule has 4 aromatic rings. The molecule has 1 saturated carbocycles. The number of alkyl halides is 3. The highest BCUT2D eigenvalue weighted by molar-refractivity contribution is 7.15. The molecule has 0 atom stereocenters. The predicted molar refractivity (Wildman–Crippen MR) is 192 cm³/mol. The molecule has 2 amide bonds. The van der Waals surface area contributed by atoms with Crippen LogP contribution in [-0.2, 0) is 40.6 Å². The molecular weight excluding hydrogens is 721 g/mol. The molecule has 12 nitrogen and oxygen atoms in total. The minimum atomic E-state index is -4.63. The first-order valence-electron chi connectivity index (χ1n) is 18.5. The lowest BCUT2D eigenvalue weighted by Crippen LogP contribution is -2.51. The highest BCUT2D eigenvalue weighted by Crippen LogP contribution is 2.54. The molecule has 3 aliphatic rings. The zero-order valence-electron chi connectivity index (χ0n) is 32.1. The smallest absolute Gasteiger partial charge is 0.416 e. The Morgan fingerprint density at radius 1 is 1.13 bits per heavy atom. The summed E-state index contributed by atoms with van der Waals surface area (Å²) in [5.41, 5.74) is -0.625. The van der Waals surface area contributed by atoms with Crippen LogP contribution in [0.15, 0.2) is 29.1 Å². The number of nitrogens with one attached hydrogen (secondary N) is 1. The molecule has 1 aromatic carbocycles. The van der Waals surface area contributed by atoms with Crippen molar-refractivity contribution in [1.82, 2.24) is 29.0 Å². The van der Waals surface area contributed by atoms with Crippen molar-refractivity contribution in [3.63, 3.8) is 0 Å². The first-order valence-corrected chi connectivity index (χ1v) is 18.2. The number of amides is 2. The number of halogens is 4. The number of carbonyl (C=O) groups is 2. The number of ether oxygens (including phenoxy) is 1. The Labute approximate surface area is 311 Å². The number of carbonyl (C=O) groups excluding carboxylic acids is 2. The van der Waals surface area contributed by atoms with E-state index in [2.05, 4.69) is 10.4 Å². The molecule has 2 aliphatic heterocycles. The van der Waals surface area contributed by atoms with Crippen molar-refractivity contribution in [2.45, 2.75) is 77.2 Å². The van der Waals surface area contributed by atoms with Gasteiger partial charge < -0.3 is 29.3 Å². The van der Waals surface area contributed by atoms with Gasteiger partial charge >= 0.3 is 12.3 Å². The minimum Gasteiger partial charge on any atom is -0.444 e. The topological polar surface area (TPSA) is 117 Å². The molecule has 3 aromatic heterocycles. The first kappa shape index (κ1) is 32.5. The van der Waals surface area contributed by atoms with Crippen LogP contribution >= 0.6 is 22.9 Å². The molecule has 52 heavy (non-hydrogen) atoms. The van der Waals surface area contributed by atoms with Crippen LogP contribution in [0.1, 0.15) is 66.3 Å². The van der Waals surface area contributed by atoms with Crippen molar-refractivity contribution in [2.75, 3.05) is 49.9 Å². The van der Waals surface area contributed by atoms with Crippen molar-refractivity contribution in [3.8, 4) is 10.7 Å². The van der Waals surface area contributed by atoms with E-state index in [0.29, 0.717) is 17.1 Å². The number of hydrogen-bond acceptors (Lipinski definition) is 9. The number of rotatable bonds is 6.